The third kappa shape index (κ3) is 3.35. The predicted octanol–water partition coefficient (Wildman–Crippen LogP) is 2.41. The van der Waals surface area contributed by atoms with E-state index in [2.05, 4.69) is 45.1 Å². The predicted molar refractivity (Wildman–Crippen MR) is 77.5 cm³/mol. The van der Waals surface area contributed by atoms with Crippen LogP contribution in [0.25, 0.3) is 0 Å². The third-order valence-electron chi connectivity index (χ3n) is 3.99. The maximum Gasteiger partial charge on any atom is 0.103 e. The van der Waals surface area contributed by atoms with Gasteiger partial charge < -0.3 is 15.2 Å². The van der Waals surface area contributed by atoms with Crippen molar-refractivity contribution in [2.75, 3.05) is 19.8 Å². The molecule has 1 aromatic carbocycles. The molecule has 1 fully saturated rings. The maximum atomic E-state index is 10.3. The van der Waals surface area contributed by atoms with Gasteiger partial charge in [0.2, 0.25) is 0 Å². The second kappa shape index (κ2) is 5.61. The molecule has 0 saturated carbocycles. The Bertz CT molecular complexity index is 427. The van der Waals surface area contributed by atoms with Gasteiger partial charge in [0.1, 0.15) is 5.60 Å². The Balaban J connectivity index is 2.06. The van der Waals surface area contributed by atoms with E-state index in [0.717, 1.165) is 6.42 Å². The van der Waals surface area contributed by atoms with Gasteiger partial charge >= 0.3 is 0 Å². The lowest BCUT2D eigenvalue weighted by atomic mass is 9.94. The Morgan fingerprint density at radius 1 is 1.32 bits per heavy atom. The second-order valence-corrected chi connectivity index (χ2v) is 5.94. The molecular formula is C16H25NO2. The number of hydrogen-bond acceptors (Lipinski definition) is 3. The first kappa shape index (κ1) is 14.5. The fourth-order valence-electron chi connectivity index (χ4n) is 3.06. The zero-order valence-corrected chi connectivity index (χ0v) is 12.4. The fourth-order valence-corrected chi connectivity index (χ4v) is 3.06. The van der Waals surface area contributed by atoms with Gasteiger partial charge in [0.05, 0.1) is 6.61 Å². The molecular weight excluding hydrogens is 238 g/mol. The molecule has 0 spiro atoms. The first-order valence-corrected chi connectivity index (χ1v) is 7.02. The van der Waals surface area contributed by atoms with Crippen LogP contribution in [-0.4, -0.2) is 30.5 Å². The molecule has 3 nitrogen and oxygen atoms in total. The molecule has 0 bridgehead atoms. The molecule has 2 atom stereocenters. The summed E-state index contributed by atoms with van der Waals surface area (Å²) in [4.78, 5) is 0. The highest BCUT2D eigenvalue weighted by atomic mass is 16.5. The van der Waals surface area contributed by atoms with E-state index in [-0.39, 0.29) is 6.04 Å². The van der Waals surface area contributed by atoms with Crippen LogP contribution in [0.4, 0.5) is 0 Å². The Hall–Kier alpha value is -0.900. The molecule has 0 aromatic heterocycles. The summed E-state index contributed by atoms with van der Waals surface area (Å²) in [6, 6.07) is 4.67. The fraction of sp³-hybridized carbons (Fsp3) is 0.625. The molecule has 1 aliphatic heterocycles. The molecule has 19 heavy (non-hydrogen) atoms. The minimum atomic E-state index is -0.694. The summed E-state index contributed by atoms with van der Waals surface area (Å²) in [5.41, 5.74) is 4.57. The summed E-state index contributed by atoms with van der Waals surface area (Å²) in [5, 5.41) is 13.7. The number of rotatable bonds is 4. The van der Waals surface area contributed by atoms with Gasteiger partial charge in [-0.05, 0) is 44.4 Å². The van der Waals surface area contributed by atoms with E-state index in [9.17, 15) is 5.11 Å². The van der Waals surface area contributed by atoms with Crippen LogP contribution in [0.5, 0.6) is 0 Å². The molecule has 3 heteroatoms. The van der Waals surface area contributed by atoms with Crippen LogP contribution >= 0.6 is 0 Å². The number of benzene rings is 1. The molecule has 0 amide bonds. The van der Waals surface area contributed by atoms with Crippen LogP contribution in [0.3, 0.4) is 0 Å². The normalized spacial score (nSPS) is 24.7. The van der Waals surface area contributed by atoms with Gasteiger partial charge in [-0.25, -0.2) is 0 Å². The Morgan fingerprint density at radius 3 is 2.47 bits per heavy atom. The average molecular weight is 263 g/mol. The van der Waals surface area contributed by atoms with Crippen molar-refractivity contribution < 1.29 is 9.84 Å². The van der Waals surface area contributed by atoms with Crippen molar-refractivity contribution in [2.45, 2.75) is 45.8 Å². The van der Waals surface area contributed by atoms with Crippen LogP contribution in [0.1, 0.15) is 41.6 Å². The number of ether oxygens (including phenoxy) is 1. The molecule has 106 valence electrons. The standard InChI is InChI=1S/C16H25NO2/c1-11-7-12(2)15(13(3)8-11)14(4)17-9-16(18)5-6-19-10-16/h7-8,14,17-18H,5-6,9-10H2,1-4H3. The summed E-state index contributed by atoms with van der Waals surface area (Å²) in [6.45, 7) is 10.3. The molecule has 1 aliphatic rings. The number of aryl methyl sites for hydroxylation is 3. The molecule has 1 aromatic rings. The van der Waals surface area contributed by atoms with E-state index in [1.807, 2.05) is 0 Å². The minimum Gasteiger partial charge on any atom is -0.386 e. The van der Waals surface area contributed by atoms with Gasteiger partial charge in [-0.2, -0.15) is 0 Å². The van der Waals surface area contributed by atoms with Gasteiger partial charge in [-0.3, -0.25) is 0 Å². The zero-order chi connectivity index (χ0) is 14.0. The van der Waals surface area contributed by atoms with E-state index in [4.69, 9.17) is 4.74 Å². The van der Waals surface area contributed by atoms with Crippen molar-refractivity contribution in [1.29, 1.82) is 0 Å². The molecule has 1 heterocycles. The van der Waals surface area contributed by atoms with Crippen LogP contribution in [-0.2, 0) is 4.74 Å². The molecule has 0 radical (unpaired) electrons. The van der Waals surface area contributed by atoms with E-state index >= 15 is 0 Å². The van der Waals surface area contributed by atoms with Gasteiger partial charge in [-0.15, -0.1) is 0 Å². The third-order valence-corrected chi connectivity index (χ3v) is 3.99. The van der Waals surface area contributed by atoms with Crippen molar-refractivity contribution in [3.8, 4) is 0 Å². The SMILES string of the molecule is Cc1cc(C)c(C(C)NCC2(O)CCOC2)c(C)c1. The number of aliphatic hydroxyl groups is 1. The van der Waals surface area contributed by atoms with Crippen LogP contribution in [0.2, 0.25) is 0 Å². The lowest BCUT2D eigenvalue weighted by molar-refractivity contribution is 0.0251. The first-order valence-electron chi connectivity index (χ1n) is 7.02. The summed E-state index contributed by atoms with van der Waals surface area (Å²) in [6.07, 6.45) is 0.721. The van der Waals surface area contributed by atoms with Crippen LogP contribution in [0, 0.1) is 20.8 Å². The lowest BCUT2D eigenvalue weighted by Crippen LogP contribution is -2.42. The van der Waals surface area contributed by atoms with Crippen molar-refractivity contribution >= 4 is 0 Å². The highest BCUT2D eigenvalue weighted by Gasteiger charge is 2.32. The Labute approximate surface area is 116 Å². The smallest absolute Gasteiger partial charge is 0.103 e. The first-order chi connectivity index (χ1) is 8.91. The lowest BCUT2D eigenvalue weighted by Gasteiger charge is -2.26. The molecule has 2 rings (SSSR count). The highest BCUT2D eigenvalue weighted by Crippen LogP contribution is 2.24. The van der Waals surface area contributed by atoms with Crippen molar-refractivity contribution in [3.63, 3.8) is 0 Å². The van der Waals surface area contributed by atoms with E-state index in [1.165, 1.54) is 22.3 Å². The largest absolute Gasteiger partial charge is 0.386 e. The van der Waals surface area contributed by atoms with Gasteiger partial charge in [0, 0.05) is 25.6 Å². The topological polar surface area (TPSA) is 41.5 Å². The quantitative estimate of drug-likeness (QED) is 0.876. The maximum absolute atomic E-state index is 10.3. The van der Waals surface area contributed by atoms with E-state index in [1.54, 1.807) is 0 Å². The molecule has 2 N–H and O–H groups in total. The summed E-state index contributed by atoms with van der Waals surface area (Å²) in [7, 11) is 0. The van der Waals surface area contributed by atoms with Crippen LogP contribution < -0.4 is 5.32 Å². The monoisotopic (exact) mass is 263 g/mol. The molecule has 1 saturated heterocycles. The molecule has 0 aliphatic carbocycles. The van der Waals surface area contributed by atoms with Gasteiger partial charge in [0.25, 0.3) is 0 Å². The highest BCUT2D eigenvalue weighted by molar-refractivity contribution is 5.39. The average Bonchev–Trinajstić information content (AvgIpc) is 2.73. The summed E-state index contributed by atoms with van der Waals surface area (Å²) >= 11 is 0. The van der Waals surface area contributed by atoms with E-state index in [0.29, 0.717) is 19.8 Å². The number of nitrogens with one attached hydrogen (secondary N) is 1. The van der Waals surface area contributed by atoms with Crippen molar-refractivity contribution in [1.82, 2.24) is 5.32 Å². The van der Waals surface area contributed by atoms with E-state index < -0.39 is 5.60 Å². The Kier molecular flexibility index (Phi) is 4.29. The minimum absolute atomic E-state index is 0.241. The summed E-state index contributed by atoms with van der Waals surface area (Å²) in [5.74, 6) is 0. The second-order valence-electron chi connectivity index (χ2n) is 5.94. The van der Waals surface area contributed by atoms with Gasteiger partial charge in [0.15, 0.2) is 0 Å². The Morgan fingerprint density at radius 2 is 1.95 bits per heavy atom. The van der Waals surface area contributed by atoms with Crippen LogP contribution in [0.15, 0.2) is 12.1 Å². The van der Waals surface area contributed by atoms with Crippen molar-refractivity contribution in [2.24, 2.45) is 0 Å². The zero-order valence-electron chi connectivity index (χ0n) is 12.4. The summed E-state index contributed by atoms with van der Waals surface area (Å²) < 4.78 is 5.27. The van der Waals surface area contributed by atoms with Gasteiger partial charge in [-0.1, -0.05) is 17.7 Å². The molecule has 2 unspecified atom stereocenters. The van der Waals surface area contributed by atoms with Crippen molar-refractivity contribution in [3.05, 3.63) is 34.4 Å². The number of hydrogen-bond donors (Lipinski definition) is 2.